The number of unbranched alkanes of at least 4 members (excludes halogenated alkanes) is 38. The van der Waals surface area contributed by atoms with E-state index < -0.39 is 97.5 Å². The predicted molar refractivity (Wildman–Crippen MR) is 368 cm³/mol. The first-order chi connectivity index (χ1) is 43.7. The number of ether oxygens (including phenoxy) is 4. The Balaban J connectivity index is 5.19. The zero-order chi connectivity index (χ0) is 67.3. The summed E-state index contributed by atoms with van der Waals surface area (Å²) in [6.07, 6.45) is 47.5. The Morgan fingerprint density at radius 3 is 0.747 bits per heavy atom. The maximum Gasteiger partial charge on any atom is 0.472 e. The van der Waals surface area contributed by atoms with Crippen molar-refractivity contribution in [1.29, 1.82) is 0 Å². The third-order valence-corrected chi connectivity index (χ3v) is 18.5. The topological polar surface area (TPSA) is 237 Å². The minimum Gasteiger partial charge on any atom is -0.462 e. The molecule has 0 aliphatic carbocycles. The lowest BCUT2D eigenvalue weighted by atomic mass is 10.0. The van der Waals surface area contributed by atoms with Gasteiger partial charge in [0.25, 0.3) is 0 Å². The molecule has 17 nitrogen and oxygen atoms in total. The van der Waals surface area contributed by atoms with Crippen LogP contribution in [0.3, 0.4) is 0 Å². The third-order valence-electron chi connectivity index (χ3n) is 16.6. The second kappa shape index (κ2) is 62.8. The van der Waals surface area contributed by atoms with Crippen LogP contribution < -0.4 is 0 Å². The van der Waals surface area contributed by atoms with E-state index in [1.54, 1.807) is 0 Å². The Morgan fingerprint density at radius 1 is 0.297 bits per heavy atom. The number of phosphoric ester groups is 2. The van der Waals surface area contributed by atoms with E-state index in [1.807, 2.05) is 0 Å². The molecule has 0 aliphatic rings. The molecule has 0 aromatic heterocycles. The van der Waals surface area contributed by atoms with Crippen LogP contribution in [0.4, 0.5) is 0 Å². The summed E-state index contributed by atoms with van der Waals surface area (Å²) in [6, 6.07) is 0. The molecule has 0 radical (unpaired) electrons. The van der Waals surface area contributed by atoms with Crippen molar-refractivity contribution in [1.82, 2.24) is 0 Å². The highest BCUT2D eigenvalue weighted by Crippen LogP contribution is 2.45. The van der Waals surface area contributed by atoms with Gasteiger partial charge in [-0.3, -0.25) is 37.3 Å². The summed E-state index contributed by atoms with van der Waals surface area (Å²) in [4.78, 5) is 72.5. The van der Waals surface area contributed by atoms with Gasteiger partial charge in [0.1, 0.15) is 19.3 Å². The average molecular weight is 1340 g/mol. The van der Waals surface area contributed by atoms with Gasteiger partial charge in [-0.1, -0.05) is 312 Å². The highest BCUT2D eigenvalue weighted by Gasteiger charge is 2.30. The number of rotatable bonds is 70. The largest absolute Gasteiger partial charge is 0.472 e. The van der Waals surface area contributed by atoms with E-state index in [9.17, 15) is 43.2 Å². The molecule has 0 bridgehead atoms. The van der Waals surface area contributed by atoms with Gasteiger partial charge >= 0.3 is 39.5 Å². The Hall–Kier alpha value is -1.94. The normalized spacial score (nSPS) is 14.2. The number of phosphoric acid groups is 2. The summed E-state index contributed by atoms with van der Waals surface area (Å²) in [7, 11) is -9.90. The maximum absolute atomic E-state index is 13.0. The van der Waals surface area contributed by atoms with Crippen LogP contribution in [-0.4, -0.2) is 96.7 Å². The van der Waals surface area contributed by atoms with Crippen molar-refractivity contribution in [2.24, 2.45) is 17.8 Å². The summed E-state index contributed by atoms with van der Waals surface area (Å²) in [5, 5.41) is 10.6. The second-order valence-electron chi connectivity index (χ2n) is 27.4. The molecular formula is C72H140O17P2. The van der Waals surface area contributed by atoms with Gasteiger partial charge in [0, 0.05) is 25.7 Å². The first-order valence-electron chi connectivity index (χ1n) is 37.3. The lowest BCUT2D eigenvalue weighted by molar-refractivity contribution is -0.161. The maximum atomic E-state index is 13.0. The zero-order valence-electron chi connectivity index (χ0n) is 59.3. The first-order valence-corrected chi connectivity index (χ1v) is 40.3. The van der Waals surface area contributed by atoms with E-state index in [1.165, 1.54) is 167 Å². The minimum absolute atomic E-state index is 0.102. The monoisotopic (exact) mass is 1340 g/mol. The summed E-state index contributed by atoms with van der Waals surface area (Å²) < 4.78 is 68.2. The van der Waals surface area contributed by atoms with Gasteiger partial charge in [0.05, 0.1) is 26.4 Å². The Kier molecular flexibility index (Phi) is 61.5. The molecule has 0 heterocycles. The van der Waals surface area contributed by atoms with E-state index >= 15 is 0 Å². The van der Waals surface area contributed by atoms with Crippen molar-refractivity contribution in [3.05, 3.63) is 0 Å². The Labute approximate surface area is 556 Å². The van der Waals surface area contributed by atoms with E-state index in [2.05, 4.69) is 48.5 Å². The Morgan fingerprint density at radius 2 is 0.505 bits per heavy atom. The Bertz CT molecular complexity index is 1780. The third kappa shape index (κ3) is 66.5. The second-order valence-corrected chi connectivity index (χ2v) is 30.3. The molecule has 0 aromatic carbocycles. The van der Waals surface area contributed by atoms with E-state index in [0.29, 0.717) is 31.6 Å². The predicted octanol–water partition coefficient (Wildman–Crippen LogP) is 20.6. The number of hydrogen-bond acceptors (Lipinski definition) is 15. The number of carbonyl (C=O) groups excluding carboxylic acids is 4. The molecule has 91 heavy (non-hydrogen) atoms. The fraction of sp³-hybridized carbons (Fsp3) is 0.944. The van der Waals surface area contributed by atoms with Gasteiger partial charge in [0.15, 0.2) is 12.2 Å². The van der Waals surface area contributed by atoms with Gasteiger partial charge in [-0.25, -0.2) is 9.13 Å². The van der Waals surface area contributed by atoms with Gasteiger partial charge in [-0.15, -0.1) is 0 Å². The van der Waals surface area contributed by atoms with Crippen molar-refractivity contribution in [2.75, 3.05) is 39.6 Å². The molecular weight excluding hydrogens is 1200 g/mol. The van der Waals surface area contributed by atoms with E-state index in [-0.39, 0.29) is 25.7 Å². The molecule has 0 aliphatic heterocycles. The zero-order valence-corrected chi connectivity index (χ0v) is 61.1. The molecule has 0 rings (SSSR count). The van der Waals surface area contributed by atoms with Gasteiger partial charge < -0.3 is 33.8 Å². The highest BCUT2D eigenvalue weighted by molar-refractivity contribution is 7.47. The average Bonchev–Trinajstić information content (AvgIpc) is 2.30. The highest BCUT2D eigenvalue weighted by atomic mass is 31.2. The minimum atomic E-state index is -4.95. The van der Waals surface area contributed by atoms with Crippen molar-refractivity contribution in [3.8, 4) is 0 Å². The van der Waals surface area contributed by atoms with Gasteiger partial charge in [0.2, 0.25) is 0 Å². The van der Waals surface area contributed by atoms with E-state index in [4.69, 9.17) is 37.0 Å². The first kappa shape index (κ1) is 89.1. The molecule has 0 saturated carbocycles. The van der Waals surface area contributed by atoms with Crippen LogP contribution in [0.1, 0.15) is 363 Å². The molecule has 3 N–H and O–H groups in total. The lowest BCUT2D eigenvalue weighted by Crippen LogP contribution is -2.30. The number of carbonyl (C=O) groups is 4. The van der Waals surface area contributed by atoms with Crippen LogP contribution in [0.5, 0.6) is 0 Å². The van der Waals surface area contributed by atoms with Crippen LogP contribution in [0.2, 0.25) is 0 Å². The van der Waals surface area contributed by atoms with Crippen molar-refractivity contribution in [2.45, 2.75) is 381 Å². The van der Waals surface area contributed by atoms with E-state index in [0.717, 1.165) is 108 Å². The molecule has 0 spiro atoms. The molecule has 540 valence electrons. The fourth-order valence-electron chi connectivity index (χ4n) is 10.9. The number of hydrogen-bond donors (Lipinski definition) is 3. The van der Waals surface area contributed by atoms with Gasteiger partial charge in [-0.2, -0.15) is 0 Å². The molecule has 0 amide bonds. The molecule has 0 aromatic rings. The van der Waals surface area contributed by atoms with Crippen LogP contribution >= 0.6 is 15.6 Å². The fourth-order valence-corrected chi connectivity index (χ4v) is 12.5. The molecule has 0 fully saturated rings. The molecule has 5 atom stereocenters. The summed E-state index contributed by atoms with van der Waals surface area (Å²) in [6.45, 7) is 11.8. The van der Waals surface area contributed by atoms with Crippen molar-refractivity contribution >= 4 is 39.5 Å². The SMILES string of the molecule is CCCCCCCCCCC(=O)OC[C@H](COP(=O)(O)OC[C@H](O)COP(=O)(O)OC[C@@H](COC(=O)CCCCCCCCCCCCCCC(C)C)OC(=O)CCCCCCCCCCCCCCCCCCC(C)C)OC(=O)CCCCCCCCC(C)C. The summed E-state index contributed by atoms with van der Waals surface area (Å²) >= 11 is 0. The number of aliphatic hydroxyl groups is 1. The smallest absolute Gasteiger partial charge is 0.462 e. The van der Waals surface area contributed by atoms with Crippen LogP contribution in [0.15, 0.2) is 0 Å². The molecule has 19 heteroatoms. The molecule has 2 unspecified atom stereocenters. The number of aliphatic hydroxyl groups excluding tert-OH is 1. The number of esters is 4. The van der Waals surface area contributed by atoms with Crippen molar-refractivity contribution in [3.63, 3.8) is 0 Å². The standard InChI is InChI=1S/C72H140O17P2/c1-8-9-10-11-12-31-39-46-53-69(74)82-60-68(89-72(77)56-49-42-35-34-38-45-52-65(6)7)62-87-91(80,81)85-58-66(73)57-84-90(78,79)86-61-67(59-83-70(75)54-47-40-32-27-23-20-19-22-26-30-37-44-51-64(4)5)88-71(76)55-48-41-33-28-24-18-16-14-13-15-17-21-25-29-36-43-50-63(2)3/h63-68,73H,8-62H2,1-7H3,(H,78,79)(H,80,81)/t66-,67-,68-/m1/s1. The lowest BCUT2D eigenvalue weighted by Gasteiger charge is -2.21. The van der Waals surface area contributed by atoms with Crippen molar-refractivity contribution < 1.29 is 80.2 Å². The van der Waals surface area contributed by atoms with Gasteiger partial charge in [-0.05, 0) is 43.4 Å². The van der Waals surface area contributed by atoms with Crippen LogP contribution in [-0.2, 0) is 65.4 Å². The summed E-state index contributed by atoms with van der Waals surface area (Å²) in [5.74, 6) is 0.130. The van der Waals surface area contributed by atoms with Crippen LogP contribution in [0, 0.1) is 17.8 Å². The van der Waals surface area contributed by atoms with Crippen LogP contribution in [0.25, 0.3) is 0 Å². The molecule has 0 saturated heterocycles. The summed E-state index contributed by atoms with van der Waals surface area (Å²) in [5.41, 5.74) is 0. The quantitative estimate of drug-likeness (QED) is 0.0222.